The Kier molecular flexibility index (Phi) is 5.08. The molecule has 2 unspecified atom stereocenters. The molecular weight excluding hydrogens is 346 g/mol. The fourth-order valence-electron chi connectivity index (χ4n) is 6.49. The van der Waals surface area contributed by atoms with Gasteiger partial charge in [0.15, 0.2) is 0 Å². The molecule has 0 radical (unpaired) electrons. The number of amides is 1. The van der Waals surface area contributed by atoms with Crippen LogP contribution in [0.3, 0.4) is 0 Å². The minimum atomic E-state index is 0.247. The zero-order valence-corrected chi connectivity index (χ0v) is 17.1. The van der Waals surface area contributed by atoms with Crippen molar-refractivity contribution in [2.45, 2.75) is 57.4 Å². The van der Waals surface area contributed by atoms with Gasteiger partial charge in [-0.05, 0) is 74.3 Å². The fourth-order valence-corrected chi connectivity index (χ4v) is 6.49. The average Bonchev–Trinajstić information content (AvgIpc) is 3.11. The van der Waals surface area contributed by atoms with Crippen molar-refractivity contribution in [1.82, 2.24) is 4.90 Å². The van der Waals surface area contributed by atoms with E-state index in [2.05, 4.69) is 34.1 Å². The van der Waals surface area contributed by atoms with E-state index in [1.807, 2.05) is 0 Å². The van der Waals surface area contributed by atoms with Gasteiger partial charge in [-0.25, -0.2) is 0 Å². The number of carbonyl (C=O) groups excluding carboxylic acids is 1. The first-order chi connectivity index (χ1) is 13.7. The molecular formula is C24H35N3O. The molecule has 4 aliphatic rings. The van der Waals surface area contributed by atoms with Crippen LogP contribution in [-0.4, -0.2) is 43.0 Å². The lowest BCUT2D eigenvalue weighted by Gasteiger charge is -2.45. The largest absolute Gasteiger partial charge is 0.371 e. The third kappa shape index (κ3) is 3.45. The highest BCUT2D eigenvalue weighted by Crippen LogP contribution is 2.42. The van der Waals surface area contributed by atoms with E-state index in [9.17, 15) is 4.79 Å². The monoisotopic (exact) mass is 381 g/mol. The summed E-state index contributed by atoms with van der Waals surface area (Å²) in [5.41, 5.74) is 9.36. The summed E-state index contributed by atoms with van der Waals surface area (Å²) in [7, 11) is 0. The van der Waals surface area contributed by atoms with Crippen molar-refractivity contribution in [1.29, 1.82) is 0 Å². The second-order valence-corrected chi connectivity index (χ2v) is 9.79. The van der Waals surface area contributed by atoms with Gasteiger partial charge < -0.3 is 15.5 Å². The Morgan fingerprint density at radius 1 is 1.00 bits per heavy atom. The van der Waals surface area contributed by atoms with Crippen LogP contribution in [-0.2, 0) is 11.2 Å². The van der Waals surface area contributed by atoms with Gasteiger partial charge in [-0.1, -0.05) is 24.6 Å². The molecule has 2 bridgehead atoms. The van der Waals surface area contributed by atoms with Crippen LogP contribution < -0.4 is 10.6 Å². The normalized spacial score (nSPS) is 33.0. The number of para-hydroxylation sites is 1. The smallest absolute Gasteiger partial charge is 0.225 e. The maximum absolute atomic E-state index is 13.2. The van der Waals surface area contributed by atoms with E-state index in [0.717, 1.165) is 57.8 Å². The van der Waals surface area contributed by atoms with Gasteiger partial charge >= 0.3 is 0 Å². The number of nitrogens with zero attached hydrogens (tertiary/aromatic N) is 2. The van der Waals surface area contributed by atoms with Crippen molar-refractivity contribution in [2.24, 2.45) is 29.4 Å². The van der Waals surface area contributed by atoms with Crippen LogP contribution in [0.4, 0.5) is 5.69 Å². The lowest BCUT2D eigenvalue weighted by molar-refractivity contribution is -0.140. The van der Waals surface area contributed by atoms with Crippen LogP contribution >= 0.6 is 0 Å². The van der Waals surface area contributed by atoms with Crippen molar-refractivity contribution >= 4 is 11.6 Å². The Balaban J connectivity index is 1.14. The standard InChI is InChI=1S/C24H35N3O/c25-23-19-5-3-6-20(23)15-21(14-19)24(28)26-11-8-17(9-12-26)16-27-13-10-18-4-1-2-7-22(18)27/h1-2,4,7,17,19-21,23H,3,5-6,8-16,25H2. The summed E-state index contributed by atoms with van der Waals surface area (Å²) in [5, 5.41) is 0. The highest BCUT2D eigenvalue weighted by molar-refractivity contribution is 5.79. The molecule has 28 heavy (non-hydrogen) atoms. The summed E-state index contributed by atoms with van der Waals surface area (Å²) in [6, 6.07) is 9.20. The number of fused-ring (bicyclic) bond motifs is 3. The van der Waals surface area contributed by atoms with Gasteiger partial charge in [0.05, 0.1) is 0 Å². The van der Waals surface area contributed by atoms with Gasteiger partial charge in [-0.2, -0.15) is 0 Å². The fraction of sp³-hybridized carbons (Fsp3) is 0.708. The molecule has 3 fully saturated rings. The van der Waals surface area contributed by atoms with Crippen LogP contribution in [0.25, 0.3) is 0 Å². The number of benzene rings is 1. The highest BCUT2D eigenvalue weighted by atomic mass is 16.2. The predicted octanol–water partition coefficient (Wildman–Crippen LogP) is 3.44. The lowest BCUT2D eigenvalue weighted by Crippen LogP contribution is -2.51. The zero-order valence-electron chi connectivity index (χ0n) is 17.1. The van der Waals surface area contributed by atoms with Crippen molar-refractivity contribution < 1.29 is 4.79 Å². The number of piperidine rings is 1. The number of carbonyl (C=O) groups is 1. The molecule has 2 saturated carbocycles. The van der Waals surface area contributed by atoms with Gasteiger partial charge in [-0.3, -0.25) is 4.79 Å². The van der Waals surface area contributed by atoms with Gasteiger partial charge in [0.2, 0.25) is 5.91 Å². The molecule has 1 aromatic carbocycles. The van der Waals surface area contributed by atoms with Crippen LogP contribution in [0.1, 0.15) is 50.5 Å². The van der Waals surface area contributed by atoms with E-state index in [1.54, 1.807) is 0 Å². The van der Waals surface area contributed by atoms with Crippen molar-refractivity contribution in [3.63, 3.8) is 0 Å². The molecule has 2 heterocycles. The number of hydrogen-bond donors (Lipinski definition) is 1. The number of anilines is 1. The van der Waals surface area contributed by atoms with Crippen LogP contribution in [0.2, 0.25) is 0 Å². The lowest BCUT2D eigenvalue weighted by atomic mass is 9.65. The Labute approximate surface area is 169 Å². The maximum atomic E-state index is 13.2. The van der Waals surface area contributed by atoms with E-state index in [1.165, 1.54) is 36.9 Å². The van der Waals surface area contributed by atoms with Gasteiger partial charge in [0.1, 0.15) is 0 Å². The van der Waals surface area contributed by atoms with E-state index in [4.69, 9.17) is 5.73 Å². The zero-order chi connectivity index (χ0) is 19.1. The summed E-state index contributed by atoms with van der Waals surface area (Å²) in [5.74, 6) is 2.59. The van der Waals surface area contributed by atoms with Crippen molar-refractivity contribution in [2.75, 3.05) is 31.1 Å². The number of nitrogens with two attached hydrogens (primary N) is 1. The number of rotatable bonds is 3. The van der Waals surface area contributed by atoms with E-state index in [0.29, 0.717) is 23.8 Å². The van der Waals surface area contributed by atoms with Gasteiger partial charge in [0.25, 0.3) is 0 Å². The van der Waals surface area contributed by atoms with Crippen molar-refractivity contribution in [3.8, 4) is 0 Å². The summed E-state index contributed by atoms with van der Waals surface area (Å²) >= 11 is 0. The Bertz CT molecular complexity index is 698. The summed E-state index contributed by atoms with van der Waals surface area (Å²) < 4.78 is 0. The molecule has 1 saturated heterocycles. The maximum Gasteiger partial charge on any atom is 0.225 e. The second kappa shape index (κ2) is 7.70. The van der Waals surface area contributed by atoms with Gasteiger partial charge in [0, 0.05) is 43.8 Å². The third-order valence-electron chi connectivity index (χ3n) is 8.15. The van der Waals surface area contributed by atoms with E-state index < -0.39 is 0 Å². The molecule has 2 N–H and O–H groups in total. The number of likely N-dealkylation sites (tertiary alicyclic amines) is 1. The van der Waals surface area contributed by atoms with Crippen molar-refractivity contribution in [3.05, 3.63) is 29.8 Å². The minimum absolute atomic E-state index is 0.247. The Hall–Kier alpha value is -1.55. The third-order valence-corrected chi connectivity index (χ3v) is 8.15. The van der Waals surface area contributed by atoms with E-state index in [-0.39, 0.29) is 5.92 Å². The Morgan fingerprint density at radius 3 is 2.46 bits per heavy atom. The molecule has 2 aliphatic heterocycles. The van der Waals surface area contributed by atoms with E-state index >= 15 is 0 Å². The molecule has 4 heteroatoms. The summed E-state index contributed by atoms with van der Waals surface area (Å²) in [6.07, 6.45) is 9.37. The van der Waals surface area contributed by atoms with Crippen LogP contribution in [0.15, 0.2) is 24.3 Å². The minimum Gasteiger partial charge on any atom is -0.371 e. The number of hydrogen-bond acceptors (Lipinski definition) is 3. The predicted molar refractivity (Wildman–Crippen MR) is 113 cm³/mol. The molecule has 0 spiro atoms. The highest BCUT2D eigenvalue weighted by Gasteiger charge is 2.42. The first-order valence-corrected chi connectivity index (χ1v) is 11.6. The molecule has 152 valence electrons. The molecule has 2 aliphatic carbocycles. The molecule has 2 atom stereocenters. The SMILES string of the molecule is NC1C2CCCC1CC(C(=O)N1CCC(CN3CCc4ccccc43)CC1)C2. The molecule has 1 amide bonds. The quantitative estimate of drug-likeness (QED) is 0.872. The van der Waals surface area contributed by atoms with Crippen LogP contribution in [0.5, 0.6) is 0 Å². The first-order valence-electron chi connectivity index (χ1n) is 11.6. The molecule has 5 rings (SSSR count). The summed E-state index contributed by atoms with van der Waals surface area (Å²) in [6.45, 7) is 4.22. The van der Waals surface area contributed by atoms with Gasteiger partial charge in [-0.15, -0.1) is 0 Å². The summed E-state index contributed by atoms with van der Waals surface area (Å²) in [4.78, 5) is 17.9. The Morgan fingerprint density at radius 2 is 1.71 bits per heavy atom. The van der Waals surface area contributed by atoms with Crippen LogP contribution in [0, 0.1) is 23.7 Å². The molecule has 4 nitrogen and oxygen atoms in total. The molecule has 1 aromatic rings. The second-order valence-electron chi connectivity index (χ2n) is 9.79. The first kappa shape index (κ1) is 18.5. The molecule has 0 aromatic heterocycles. The topological polar surface area (TPSA) is 49.6 Å². The average molecular weight is 382 g/mol.